The number of thioether (sulfide) groups is 1. The van der Waals surface area contributed by atoms with Crippen LogP contribution >= 0.6 is 11.8 Å². The van der Waals surface area contributed by atoms with Crippen LogP contribution in [-0.4, -0.2) is 42.4 Å². The highest BCUT2D eigenvalue weighted by molar-refractivity contribution is 8.00. The molecule has 8 heteroatoms. The number of rotatable bonds is 9. The molecule has 28 heavy (non-hydrogen) atoms. The van der Waals surface area contributed by atoms with Crippen LogP contribution < -0.4 is 10.1 Å². The third-order valence-corrected chi connectivity index (χ3v) is 4.54. The molecule has 0 aromatic heterocycles. The summed E-state index contributed by atoms with van der Waals surface area (Å²) >= 11 is 1.06. The standard InChI is InChI=1S/C20H20FNO5S/c1-13(20(25)14-3-9-17(26-2)10-4-14)27-19(24)12-28-11-18(23)22-16-7-5-15(21)6-8-16/h3-10,13H,11-12H2,1-2H3,(H,22,23)/t13-/m0/s1. The fourth-order valence-corrected chi connectivity index (χ4v) is 2.83. The Morgan fingerprint density at radius 2 is 1.68 bits per heavy atom. The molecule has 0 radical (unpaired) electrons. The molecule has 0 fully saturated rings. The van der Waals surface area contributed by atoms with Crippen LogP contribution in [-0.2, 0) is 14.3 Å². The number of methoxy groups -OCH3 is 1. The van der Waals surface area contributed by atoms with Crippen LogP contribution in [0.25, 0.3) is 0 Å². The molecule has 1 N–H and O–H groups in total. The molecule has 2 aromatic rings. The molecule has 0 saturated carbocycles. The maximum absolute atomic E-state index is 12.8. The predicted octanol–water partition coefficient (Wildman–Crippen LogP) is 3.32. The average Bonchev–Trinajstić information content (AvgIpc) is 2.69. The highest BCUT2D eigenvalue weighted by Crippen LogP contribution is 2.14. The molecule has 0 unspecified atom stereocenters. The number of ketones is 1. The summed E-state index contributed by atoms with van der Waals surface area (Å²) < 4.78 is 23.0. The molecule has 2 rings (SSSR count). The quantitative estimate of drug-likeness (QED) is 0.509. The van der Waals surface area contributed by atoms with Crippen molar-refractivity contribution in [3.63, 3.8) is 0 Å². The van der Waals surface area contributed by atoms with Crippen molar-refractivity contribution >= 4 is 35.1 Å². The van der Waals surface area contributed by atoms with Crippen molar-refractivity contribution in [3.05, 3.63) is 59.9 Å². The summed E-state index contributed by atoms with van der Waals surface area (Å²) in [6, 6.07) is 11.9. The van der Waals surface area contributed by atoms with Gasteiger partial charge in [-0.25, -0.2) is 4.39 Å². The van der Waals surface area contributed by atoms with Crippen molar-refractivity contribution in [2.75, 3.05) is 23.9 Å². The van der Waals surface area contributed by atoms with Crippen LogP contribution in [0, 0.1) is 5.82 Å². The number of nitrogens with one attached hydrogen (secondary N) is 1. The number of anilines is 1. The maximum atomic E-state index is 12.8. The molecular weight excluding hydrogens is 385 g/mol. The molecule has 0 saturated heterocycles. The molecule has 0 aliphatic carbocycles. The lowest BCUT2D eigenvalue weighted by Crippen LogP contribution is -2.25. The molecule has 1 atom stereocenters. The number of carbonyl (C=O) groups excluding carboxylic acids is 3. The van der Waals surface area contributed by atoms with E-state index in [1.54, 1.807) is 24.3 Å². The van der Waals surface area contributed by atoms with Gasteiger partial charge in [-0.05, 0) is 55.5 Å². The van der Waals surface area contributed by atoms with Gasteiger partial charge < -0.3 is 14.8 Å². The highest BCUT2D eigenvalue weighted by atomic mass is 32.2. The van der Waals surface area contributed by atoms with Gasteiger partial charge in [-0.2, -0.15) is 0 Å². The number of ether oxygens (including phenoxy) is 2. The van der Waals surface area contributed by atoms with Gasteiger partial charge in [0.1, 0.15) is 11.6 Å². The Morgan fingerprint density at radius 1 is 1.04 bits per heavy atom. The SMILES string of the molecule is COc1ccc(C(=O)[C@H](C)OC(=O)CSCC(=O)Nc2ccc(F)cc2)cc1. The zero-order valence-electron chi connectivity index (χ0n) is 15.4. The number of benzene rings is 2. The van der Waals surface area contributed by atoms with Crippen molar-refractivity contribution in [1.29, 1.82) is 0 Å². The van der Waals surface area contributed by atoms with E-state index in [4.69, 9.17) is 9.47 Å². The monoisotopic (exact) mass is 405 g/mol. The van der Waals surface area contributed by atoms with Crippen LogP contribution in [0.5, 0.6) is 5.75 Å². The van der Waals surface area contributed by atoms with Crippen molar-refractivity contribution in [3.8, 4) is 5.75 Å². The number of halogens is 1. The van der Waals surface area contributed by atoms with Gasteiger partial charge in [-0.15, -0.1) is 11.8 Å². The first-order valence-electron chi connectivity index (χ1n) is 8.40. The molecule has 6 nitrogen and oxygen atoms in total. The summed E-state index contributed by atoms with van der Waals surface area (Å²) in [7, 11) is 1.53. The van der Waals surface area contributed by atoms with E-state index in [0.717, 1.165) is 11.8 Å². The Labute approximate surface area is 166 Å². The van der Waals surface area contributed by atoms with Crippen molar-refractivity contribution in [1.82, 2.24) is 0 Å². The minimum absolute atomic E-state index is 0.0211. The van der Waals surface area contributed by atoms with Crippen LogP contribution in [0.2, 0.25) is 0 Å². The lowest BCUT2D eigenvalue weighted by atomic mass is 10.1. The van der Waals surface area contributed by atoms with E-state index in [0.29, 0.717) is 17.0 Å². The lowest BCUT2D eigenvalue weighted by molar-refractivity contribution is -0.143. The van der Waals surface area contributed by atoms with Crippen LogP contribution in [0.15, 0.2) is 48.5 Å². The maximum Gasteiger partial charge on any atom is 0.316 e. The van der Waals surface area contributed by atoms with E-state index < -0.39 is 17.9 Å². The molecule has 0 spiro atoms. The Hall–Kier alpha value is -2.87. The highest BCUT2D eigenvalue weighted by Gasteiger charge is 2.19. The first-order chi connectivity index (χ1) is 13.4. The Balaban J connectivity index is 1.72. The number of carbonyl (C=O) groups is 3. The van der Waals surface area contributed by atoms with Crippen molar-refractivity contribution in [2.24, 2.45) is 0 Å². The largest absolute Gasteiger partial charge is 0.497 e. The topological polar surface area (TPSA) is 81.7 Å². The second kappa shape index (κ2) is 10.5. The Morgan fingerprint density at radius 3 is 2.29 bits per heavy atom. The van der Waals surface area contributed by atoms with Crippen molar-refractivity contribution in [2.45, 2.75) is 13.0 Å². The molecule has 148 valence electrons. The van der Waals surface area contributed by atoms with Gasteiger partial charge in [0.2, 0.25) is 11.7 Å². The summed E-state index contributed by atoms with van der Waals surface area (Å²) in [6.07, 6.45) is -0.936. The Bertz CT molecular complexity index is 823. The van der Waals surface area contributed by atoms with E-state index in [9.17, 15) is 18.8 Å². The molecule has 0 aliphatic rings. The second-order valence-corrected chi connectivity index (χ2v) is 6.76. The van der Waals surface area contributed by atoms with Gasteiger partial charge >= 0.3 is 5.97 Å². The summed E-state index contributed by atoms with van der Waals surface area (Å²) in [4.78, 5) is 36.0. The van der Waals surface area contributed by atoms with Gasteiger partial charge in [-0.3, -0.25) is 14.4 Å². The van der Waals surface area contributed by atoms with E-state index >= 15 is 0 Å². The van der Waals surface area contributed by atoms with Crippen molar-refractivity contribution < 1.29 is 28.2 Å². The molecule has 0 heterocycles. The van der Waals surface area contributed by atoms with Gasteiger partial charge in [0.05, 0.1) is 18.6 Å². The lowest BCUT2D eigenvalue weighted by Gasteiger charge is -2.12. The minimum Gasteiger partial charge on any atom is -0.497 e. The van der Waals surface area contributed by atoms with E-state index in [2.05, 4.69) is 5.32 Å². The summed E-state index contributed by atoms with van der Waals surface area (Å²) in [5.74, 6) is -1.06. The van der Waals surface area contributed by atoms with Gasteiger partial charge in [0, 0.05) is 11.3 Å². The summed E-state index contributed by atoms with van der Waals surface area (Å²) in [6.45, 7) is 1.50. The first-order valence-corrected chi connectivity index (χ1v) is 9.55. The van der Waals surface area contributed by atoms with Gasteiger partial charge in [-0.1, -0.05) is 0 Å². The smallest absolute Gasteiger partial charge is 0.316 e. The second-order valence-electron chi connectivity index (χ2n) is 5.77. The molecular formula is C20H20FNO5S. The average molecular weight is 405 g/mol. The molecule has 0 aliphatic heterocycles. The number of hydrogen-bond acceptors (Lipinski definition) is 6. The predicted molar refractivity (Wildman–Crippen MR) is 105 cm³/mol. The van der Waals surface area contributed by atoms with Crippen LogP contribution in [0.1, 0.15) is 17.3 Å². The first kappa shape index (κ1) is 21.4. The fourth-order valence-electron chi connectivity index (χ4n) is 2.23. The van der Waals surface area contributed by atoms with E-state index in [1.807, 2.05) is 0 Å². The number of esters is 1. The minimum atomic E-state index is -0.936. The summed E-state index contributed by atoms with van der Waals surface area (Å²) in [5, 5.41) is 2.59. The molecule has 0 bridgehead atoms. The number of Topliss-reactive ketones (excluding diaryl/α,β-unsaturated/α-hetero) is 1. The normalized spacial score (nSPS) is 11.4. The van der Waals surface area contributed by atoms with E-state index in [1.165, 1.54) is 38.3 Å². The zero-order valence-corrected chi connectivity index (χ0v) is 16.3. The Kier molecular flexibility index (Phi) is 8.01. The fraction of sp³-hybridized carbons (Fsp3) is 0.250. The van der Waals surface area contributed by atoms with Crippen LogP contribution in [0.4, 0.5) is 10.1 Å². The third kappa shape index (κ3) is 6.70. The third-order valence-electron chi connectivity index (χ3n) is 3.63. The van der Waals surface area contributed by atoms with E-state index in [-0.39, 0.29) is 23.2 Å². The van der Waals surface area contributed by atoms with Gasteiger partial charge in [0.25, 0.3) is 0 Å². The van der Waals surface area contributed by atoms with Crippen LogP contribution in [0.3, 0.4) is 0 Å². The number of hydrogen-bond donors (Lipinski definition) is 1. The summed E-state index contributed by atoms with van der Waals surface area (Å²) in [5.41, 5.74) is 0.876. The molecule has 1 amide bonds. The van der Waals surface area contributed by atoms with Gasteiger partial charge in [0.15, 0.2) is 6.10 Å². The zero-order chi connectivity index (χ0) is 20.5. The molecule has 2 aromatic carbocycles. The number of amides is 1.